The average Bonchev–Trinajstić information content (AvgIpc) is 2.34. The van der Waals surface area contributed by atoms with E-state index in [9.17, 15) is 4.21 Å². The highest BCUT2D eigenvalue weighted by atomic mass is 32.2. The Labute approximate surface area is 126 Å². The van der Waals surface area contributed by atoms with Crippen LogP contribution >= 0.6 is 0 Å². The molecule has 3 heteroatoms. The topological polar surface area (TPSA) is 29.1 Å². The van der Waals surface area contributed by atoms with Crippen molar-refractivity contribution < 1.29 is 4.21 Å². The smallest absolute Gasteiger partial charge is 0.0439 e. The van der Waals surface area contributed by atoms with Crippen LogP contribution in [0.3, 0.4) is 0 Å². The fourth-order valence-corrected chi connectivity index (χ4v) is 3.97. The monoisotopic (exact) mass is 295 g/mol. The number of nitrogens with one attached hydrogen (secondary N) is 1. The molecule has 2 unspecified atom stereocenters. The summed E-state index contributed by atoms with van der Waals surface area (Å²) >= 11 is 0. The van der Waals surface area contributed by atoms with Gasteiger partial charge in [-0.1, -0.05) is 44.5 Å². The molecule has 0 amide bonds. The van der Waals surface area contributed by atoms with Crippen LogP contribution in [0.1, 0.15) is 49.9 Å². The molecule has 0 aliphatic carbocycles. The van der Waals surface area contributed by atoms with Gasteiger partial charge < -0.3 is 5.32 Å². The molecule has 0 saturated carbocycles. The van der Waals surface area contributed by atoms with Crippen LogP contribution in [-0.4, -0.2) is 22.3 Å². The number of rotatable bonds is 8. The minimum Gasteiger partial charge on any atom is -0.309 e. The molecule has 114 valence electrons. The molecule has 0 bridgehead atoms. The van der Waals surface area contributed by atoms with E-state index in [2.05, 4.69) is 58.1 Å². The molecule has 0 saturated heterocycles. The van der Waals surface area contributed by atoms with E-state index < -0.39 is 10.8 Å². The fourth-order valence-electron chi connectivity index (χ4n) is 2.42. The summed E-state index contributed by atoms with van der Waals surface area (Å²) in [5.74, 6) is 1.99. The zero-order valence-corrected chi connectivity index (χ0v) is 14.3. The van der Waals surface area contributed by atoms with E-state index in [0.717, 1.165) is 18.7 Å². The first-order valence-electron chi connectivity index (χ1n) is 7.59. The summed E-state index contributed by atoms with van der Waals surface area (Å²) < 4.78 is 12.2. The molecule has 20 heavy (non-hydrogen) atoms. The Bertz CT molecular complexity index is 443. The van der Waals surface area contributed by atoms with Gasteiger partial charge in [0, 0.05) is 28.3 Å². The Hall–Kier alpha value is -0.670. The number of hydrogen-bond acceptors (Lipinski definition) is 2. The van der Waals surface area contributed by atoms with E-state index in [1.807, 2.05) is 0 Å². The van der Waals surface area contributed by atoms with Gasteiger partial charge in [0.2, 0.25) is 0 Å². The lowest BCUT2D eigenvalue weighted by Gasteiger charge is -2.21. The van der Waals surface area contributed by atoms with Crippen molar-refractivity contribution >= 4 is 10.8 Å². The Morgan fingerprint density at radius 2 is 1.90 bits per heavy atom. The maximum absolute atomic E-state index is 12.2. The molecule has 0 aliphatic heterocycles. The molecule has 2 nitrogen and oxygen atoms in total. The highest BCUT2D eigenvalue weighted by Crippen LogP contribution is 2.20. The second-order valence-corrected chi connectivity index (χ2v) is 7.58. The fraction of sp³-hybridized carbons (Fsp3) is 0.647. The SMILES string of the molecule is CCCNC(CS(=O)CC(C)C)c1ccc(C)cc1C. The quantitative estimate of drug-likeness (QED) is 0.791. The van der Waals surface area contributed by atoms with Gasteiger partial charge in [-0.15, -0.1) is 0 Å². The van der Waals surface area contributed by atoms with Crippen molar-refractivity contribution in [1.29, 1.82) is 0 Å². The molecule has 1 rings (SSSR count). The second kappa shape index (κ2) is 8.58. The van der Waals surface area contributed by atoms with E-state index >= 15 is 0 Å². The van der Waals surface area contributed by atoms with E-state index in [1.165, 1.54) is 16.7 Å². The number of aryl methyl sites for hydroxylation is 2. The molecule has 1 N–H and O–H groups in total. The highest BCUT2D eigenvalue weighted by Gasteiger charge is 2.17. The Kier molecular flexibility index (Phi) is 7.46. The Morgan fingerprint density at radius 1 is 1.20 bits per heavy atom. The van der Waals surface area contributed by atoms with Crippen LogP contribution in [0.4, 0.5) is 0 Å². The molecular weight excluding hydrogens is 266 g/mol. The van der Waals surface area contributed by atoms with Crippen LogP contribution in [0.5, 0.6) is 0 Å². The van der Waals surface area contributed by atoms with Gasteiger partial charge >= 0.3 is 0 Å². The van der Waals surface area contributed by atoms with Crippen molar-refractivity contribution in [2.75, 3.05) is 18.1 Å². The van der Waals surface area contributed by atoms with Gasteiger partial charge in [-0.2, -0.15) is 0 Å². The third kappa shape index (κ3) is 5.76. The van der Waals surface area contributed by atoms with E-state index in [4.69, 9.17) is 0 Å². The Morgan fingerprint density at radius 3 is 2.45 bits per heavy atom. The standard InChI is InChI=1S/C17H29NOS/c1-6-9-18-17(12-20(19)11-13(2)3)16-8-7-14(4)10-15(16)5/h7-8,10,13,17-18H,6,9,11-12H2,1-5H3. The molecule has 0 radical (unpaired) electrons. The van der Waals surface area contributed by atoms with Crippen LogP contribution in [0.15, 0.2) is 18.2 Å². The predicted octanol–water partition coefficient (Wildman–Crippen LogP) is 3.75. The zero-order valence-electron chi connectivity index (χ0n) is 13.5. The summed E-state index contributed by atoms with van der Waals surface area (Å²) in [6, 6.07) is 6.75. The van der Waals surface area contributed by atoms with E-state index in [-0.39, 0.29) is 6.04 Å². The predicted molar refractivity (Wildman–Crippen MR) is 89.7 cm³/mol. The van der Waals surface area contributed by atoms with E-state index in [1.54, 1.807) is 0 Å². The lowest BCUT2D eigenvalue weighted by atomic mass is 10.00. The molecule has 0 aliphatic rings. The Balaban J connectivity index is 2.85. The number of benzene rings is 1. The van der Waals surface area contributed by atoms with Crippen LogP contribution in [0.25, 0.3) is 0 Å². The van der Waals surface area contributed by atoms with Gasteiger partial charge in [0.05, 0.1) is 0 Å². The van der Waals surface area contributed by atoms with Gasteiger partial charge in [0.25, 0.3) is 0 Å². The number of hydrogen-bond donors (Lipinski definition) is 1. The molecule has 1 aromatic carbocycles. The molecular formula is C17H29NOS. The third-order valence-corrected chi connectivity index (χ3v) is 5.06. The molecule has 0 fully saturated rings. The summed E-state index contributed by atoms with van der Waals surface area (Å²) in [4.78, 5) is 0. The van der Waals surface area contributed by atoms with Gasteiger partial charge in [-0.25, -0.2) is 0 Å². The van der Waals surface area contributed by atoms with Gasteiger partial charge in [0.1, 0.15) is 0 Å². The minimum absolute atomic E-state index is 0.204. The van der Waals surface area contributed by atoms with Crippen LogP contribution in [-0.2, 0) is 10.8 Å². The van der Waals surface area contributed by atoms with E-state index in [0.29, 0.717) is 11.7 Å². The van der Waals surface area contributed by atoms with Gasteiger partial charge in [0.15, 0.2) is 0 Å². The van der Waals surface area contributed by atoms with Crippen molar-refractivity contribution in [3.63, 3.8) is 0 Å². The lowest BCUT2D eigenvalue weighted by molar-refractivity contribution is 0.565. The first kappa shape index (κ1) is 17.4. The van der Waals surface area contributed by atoms with Gasteiger partial charge in [-0.3, -0.25) is 4.21 Å². The summed E-state index contributed by atoms with van der Waals surface area (Å²) in [6.07, 6.45) is 1.10. The van der Waals surface area contributed by atoms with Crippen molar-refractivity contribution in [1.82, 2.24) is 5.32 Å². The molecule has 2 atom stereocenters. The van der Waals surface area contributed by atoms with Crippen molar-refractivity contribution in [3.05, 3.63) is 34.9 Å². The normalized spacial score (nSPS) is 14.5. The largest absolute Gasteiger partial charge is 0.309 e. The maximum atomic E-state index is 12.2. The second-order valence-electron chi connectivity index (χ2n) is 6.03. The average molecular weight is 295 g/mol. The molecule has 0 spiro atoms. The lowest BCUT2D eigenvalue weighted by Crippen LogP contribution is -2.28. The summed E-state index contributed by atoms with van der Waals surface area (Å²) in [7, 11) is -0.760. The summed E-state index contributed by atoms with van der Waals surface area (Å²) in [5, 5.41) is 3.56. The van der Waals surface area contributed by atoms with Gasteiger partial charge in [-0.05, 0) is 43.9 Å². The van der Waals surface area contributed by atoms with Crippen LogP contribution < -0.4 is 5.32 Å². The van der Waals surface area contributed by atoms with Crippen LogP contribution in [0, 0.1) is 19.8 Å². The highest BCUT2D eigenvalue weighted by molar-refractivity contribution is 7.85. The van der Waals surface area contributed by atoms with Crippen molar-refractivity contribution in [3.8, 4) is 0 Å². The third-order valence-electron chi connectivity index (χ3n) is 3.31. The first-order valence-corrected chi connectivity index (χ1v) is 9.08. The summed E-state index contributed by atoms with van der Waals surface area (Å²) in [5.41, 5.74) is 3.87. The summed E-state index contributed by atoms with van der Waals surface area (Å²) in [6.45, 7) is 11.7. The molecule has 0 aromatic heterocycles. The van der Waals surface area contributed by atoms with Crippen molar-refractivity contribution in [2.45, 2.75) is 47.1 Å². The first-order chi connectivity index (χ1) is 9.43. The maximum Gasteiger partial charge on any atom is 0.0439 e. The molecule has 1 aromatic rings. The molecule has 0 heterocycles. The minimum atomic E-state index is -0.760. The van der Waals surface area contributed by atoms with Crippen LogP contribution in [0.2, 0.25) is 0 Å². The van der Waals surface area contributed by atoms with Crippen molar-refractivity contribution in [2.24, 2.45) is 5.92 Å². The zero-order chi connectivity index (χ0) is 15.1.